The van der Waals surface area contributed by atoms with E-state index in [1.807, 2.05) is 6.07 Å². The van der Waals surface area contributed by atoms with Crippen LogP contribution in [0.25, 0.3) is 0 Å². The zero-order valence-electron chi connectivity index (χ0n) is 13.6. The Morgan fingerprint density at radius 2 is 1.12 bits per heavy atom. The van der Waals surface area contributed by atoms with E-state index in [0.717, 1.165) is 0 Å². The fourth-order valence-corrected chi connectivity index (χ4v) is 3.04. The summed E-state index contributed by atoms with van der Waals surface area (Å²) in [6.45, 7) is 3.19. The molecule has 0 spiro atoms. The summed E-state index contributed by atoms with van der Waals surface area (Å²) in [4.78, 5) is 57.5. The van der Waals surface area contributed by atoms with Crippen LogP contribution in [0.2, 0.25) is 0 Å². The molecule has 2 aromatic heterocycles. The molecule has 0 aliphatic heterocycles. The maximum Gasteiger partial charge on any atom is 0.325 e. The monoisotopic (exact) mass is 340 g/mol. The highest BCUT2D eigenvalue weighted by atomic mass is 16.2. The summed E-state index contributed by atoms with van der Waals surface area (Å²) in [5, 5.41) is 0. The van der Waals surface area contributed by atoms with Gasteiger partial charge in [0.05, 0.1) is 0 Å². The third-order valence-electron chi connectivity index (χ3n) is 4.06. The number of hydrogen-bond donors (Lipinski definition) is 4. The van der Waals surface area contributed by atoms with Gasteiger partial charge in [0.1, 0.15) is 0 Å². The molecule has 0 saturated carbocycles. The average Bonchev–Trinajstić information content (AvgIpc) is 2.52. The molecule has 0 radical (unpaired) electrons. The van der Waals surface area contributed by atoms with E-state index in [1.165, 1.54) is 0 Å². The molecule has 128 valence electrons. The number of rotatable bonds is 3. The predicted octanol–water partition coefficient (Wildman–Crippen LogP) is 0.237. The van der Waals surface area contributed by atoms with Crippen molar-refractivity contribution in [2.75, 3.05) is 0 Å². The maximum atomic E-state index is 12.5. The number of aromatic nitrogens is 4. The molecule has 0 saturated heterocycles. The van der Waals surface area contributed by atoms with Gasteiger partial charge in [-0.1, -0.05) is 30.3 Å². The smallest absolute Gasteiger partial charge is 0.311 e. The normalized spacial score (nSPS) is 11.0. The quantitative estimate of drug-likeness (QED) is 0.544. The Balaban J connectivity index is 2.42. The molecule has 0 fully saturated rings. The van der Waals surface area contributed by atoms with Crippen molar-refractivity contribution >= 4 is 0 Å². The van der Waals surface area contributed by atoms with Crippen LogP contribution in [0.3, 0.4) is 0 Å². The third-order valence-corrected chi connectivity index (χ3v) is 4.06. The van der Waals surface area contributed by atoms with E-state index in [-0.39, 0.29) is 11.1 Å². The van der Waals surface area contributed by atoms with Crippen molar-refractivity contribution in [1.29, 1.82) is 0 Å². The Morgan fingerprint density at radius 1 is 0.680 bits per heavy atom. The molecule has 8 heteroatoms. The summed E-state index contributed by atoms with van der Waals surface area (Å²) >= 11 is 0. The summed E-state index contributed by atoms with van der Waals surface area (Å²) in [6.07, 6.45) is 0. The van der Waals surface area contributed by atoms with Crippen LogP contribution in [0.5, 0.6) is 0 Å². The first-order valence-electron chi connectivity index (χ1n) is 7.59. The fourth-order valence-electron chi connectivity index (χ4n) is 3.04. The predicted molar refractivity (Wildman–Crippen MR) is 92.2 cm³/mol. The number of benzene rings is 1. The number of aryl methyl sites for hydroxylation is 2. The van der Waals surface area contributed by atoms with E-state index in [2.05, 4.69) is 19.9 Å². The fraction of sp³-hybridized carbons (Fsp3) is 0.176. The highest BCUT2D eigenvalue weighted by molar-refractivity contribution is 5.44. The molecule has 0 aliphatic rings. The van der Waals surface area contributed by atoms with Crippen molar-refractivity contribution < 1.29 is 0 Å². The van der Waals surface area contributed by atoms with Gasteiger partial charge in [-0.15, -0.1) is 0 Å². The van der Waals surface area contributed by atoms with E-state index >= 15 is 0 Å². The van der Waals surface area contributed by atoms with E-state index in [1.54, 1.807) is 38.1 Å². The van der Waals surface area contributed by atoms with Gasteiger partial charge in [-0.2, -0.15) is 0 Å². The van der Waals surface area contributed by atoms with Gasteiger partial charge in [-0.3, -0.25) is 19.6 Å². The van der Waals surface area contributed by atoms with Crippen LogP contribution < -0.4 is 22.5 Å². The lowest BCUT2D eigenvalue weighted by molar-refractivity contribution is 0.824. The van der Waals surface area contributed by atoms with Crippen LogP contribution in [0, 0.1) is 13.8 Å². The second-order valence-electron chi connectivity index (χ2n) is 5.74. The van der Waals surface area contributed by atoms with Crippen LogP contribution >= 0.6 is 0 Å². The van der Waals surface area contributed by atoms with Gasteiger partial charge in [-0.25, -0.2) is 9.59 Å². The number of nitrogens with one attached hydrogen (secondary N) is 4. The second-order valence-corrected chi connectivity index (χ2v) is 5.74. The van der Waals surface area contributed by atoms with Crippen LogP contribution in [-0.2, 0) is 0 Å². The molecule has 4 N–H and O–H groups in total. The van der Waals surface area contributed by atoms with Crippen molar-refractivity contribution in [3.63, 3.8) is 0 Å². The molecule has 0 amide bonds. The van der Waals surface area contributed by atoms with Crippen molar-refractivity contribution in [2.45, 2.75) is 19.8 Å². The minimum atomic E-state index is -0.748. The summed E-state index contributed by atoms with van der Waals surface area (Å²) in [5.74, 6) is -0.748. The van der Waals surface area contributed by atoms with Crippen molar-refractivity contribution in [2.24, 2.45) is 0 Å². The highest BCUT2D eigenvalue weighted by Crippen LogP contribution is 2.29. The molecular weight excluding hydrogens is 324 g/mol. The van der Waals surface area contributed by atoms with Crippen molar-refractivity contribution in [3.8, 4) is 0 Å². The van der Waals surface area contributed by atoms with Gasteiger partial charge in [0.2, 0.25) is 0 Å². The van der Waals surface area contributed by atoms with Gasteiger partial charge in [0.15, 0.2) is 0 Å². The van der Waals surface area contributed by atoms with Crippen LogP contribution in [0.1, 0.15) is 34.0 Å². The summed E-state index contributed by atoms with van der Waals surface area (Å²) in [5.41, 5.74) is -0.530. The van der Waals surface area contributed by atoms with E-state index < -0.39 is 28.4 Å². The molecule has 1 aromatic carbocycles. The maximum absolute atomic E-state index is 12.5. The molecule has 3 rings (SSSR count). The number of hydrogen-bond acceptors (Lipinski definition) is 4. The van der Waals surface area contributed by atoms with Gasteiger partial charge >= 0.3 is 11.4 Å². The highest BCUT2D eigenvalue weighted by Gasteiger charge is 2.27. The number of aromatic amines is 4. The lowest BCUT2D eigenvalue weighted by atomic mass is 9.85. The zero-order chi connectivity index (χ0) is 18.1. The minimum Gasteiger partial charge on any atom is -0.311 e. The van der Waals surface area contributed by atoms with E-state index in [0.29, 0.717) is 17.0 Å². The van der Waals surface area contributed by atoms with Gasteiger partial charge < -0.3 is 9.97 Å². The lowest BCUT2D eigenvalue weighted by Gasteiger charge is -2.19. The molecule has 8 nitrogen and oxygen atoms in total. The first kappa shape index (κ1) is 16.4. The van der Waals surface area contributed by atoms with Crippen molar-refractivity contribution in [3.05, 3.63) is 100 Å². The Bertz CT molecular complexity index is 1080. The Labute approximate surface area is 140 Å². The van der Waals surface area contributed by atoms with E-state index in [9.17, 15) is 19.2 Å². The Kier molecular flexibility index (Phi) is 4.10. The van der Waals surface area contributed by atoms with Gasteiger partial charge in [-0.05, 0) is 19.4 Å². The summed E-state index contributed by atoms with van der Waals surface area (Å²) in [6, 6.07) is 8.94. The Hall–Kier alpha value is -3.42. The largest absolute Gasteiger partial charge is 0.325 e. The van der Waals surface area contributed by atoms with Crippen LogP contribution in [-0.4, -0.2) is 19.9 Å². The first-order valence-corrected chi connectivity index (χ1v) is 7.59. The zero-order valence-corrected chi connectivity index (χ0v) is 13.6. The van der Waals surface area contributed by atoms with Crippen molar-refractivity contribution in [1.82, 2.24) is 19.9 Å². The molecule has 0 bridgehead atoms. The average molecular weight is 340 g/mol. The molecular formula is C17H16N4O4. The van der Waals surface area contributed by atoms with Gasteiger partial charge in [0.25, 0.3) is 11.1 Å². The summed E-state index contributed by atoms with van der Waals surface area (Å²) in [7, 11) is 0. The SMILES string of the molecule is Cc1[nH]c(=O)[nH]c(=O)c1C(c1ccccc1)c1c(C)[nH]c(=O)[nH]c1=O. The lowest BCUT2D eigenvalue weighted by Crippen LogP contribution is -2.34. The van der Waals surface area contributed by atoms with Crippen LogP contribution in [0.15, 0.2) is 49.5 Å². The summed E-state index contributed by atoms with van der Waals surface area (Å²) < 4.78 is 0. The third kappa shape index (κ3) is 3.01. The molecule has 0 atom stereocenters. The topological polar surface area (TPSA) is 131 Å². The molecule has 0 aliphatic carbocycles. The van der Waals surface area contributed by atoms with E-state index in [4.69, 9.17) is 0 Å². The molecule has 25 heavy (non-hydrogen) atoms. The molecule has 2 heterocycles. The number of H-pyrrole nitrogens is 4. The molecule has 0 unspecified atom stereocenters. The second kappa shape index (κ2) is 6.23. The standard InChI is InChI=1S/C17H16N4O4/c1-8-11(14(22)20-16(24)18-8)13(10-6-4-3-5-7-10)12-9(2)19-17(25)21-15(12)23/h3-7,13H,1-2H3,(H2,18,20,22,24)(H2,19,21,23,25). The molecule has 3 aromatic rings. The Morgan fingerprint density at radius 3 is 1.52 bits per heavy atom. The first-order chi connectivity index (χ1) is 11.9. The van der Waals surface area contributed by atoms with Gasteiger partial charge in [0, 0.05) is 28.4 Å². The minimum absolute atomic E-state index is 0.242. The van der Waals surface area contributed by atoms with Crippen LogP contribution in [0.4, 0.5) is 0 Å².